The fourth-order valence-electron chi connectivity index (χ4n) is 1.98. The van der Waals surface area contributed by atoms with E-state index in [1.165, 1.54) is 12.3 Å². The van der Waals surface area contributed by atoms with Crippen LogP contribution in [0.3, 0.4) is 0 Å². The summed E-state index contributed by atoms with van der Waals surface area (Å²) in [7, 11) is 1.55. The van der Waals surface area contributed by atoms with Crippen LogP contribution in [-0.4, -0.2) is 30.6 Å². The predicted octanol–water partition coefficient (Wildman–Crippen LogP) is 1.43. The second-order valence-corrected chi connectivity index (χ2v) is 4.63. The molecule has 7 heteroatoms. The number of carbonyl (C=O) groups is 2. The van der Waals surface area contributed by atoms with Crippen LogP contribution in [-0.2, 0) is 14.3 Å². The molecule has 2 rings (SSSR count). The minimum Gasteiger partial charge on any atom is -0.375 e. The molecule has 7 nitrogen and oxygen atoms in total. The van der Waals surface area contributed by atoms with Gasteiger partial charge in [-0.15, -0.1) is 0 Å². The number of rotatable bonds is 5. The quantitative estimate of drug-likeness (QED) is 0.815. The summed E-state index contributed by atoms with van der Waals surface area (Å²) in [6.07, 6.45) is 0.970. The van der Waals surface area contributed by atoms with Gasteiger partial charge in [-0.25, -0.2) is 0 Å². The Bertz CT molecular complexity index is 640. The Labute approximate surface area is 127 Å². The van der Waals surface area contributed by atoms with Crippen LogP contribution in [0, 0.1) is 6.92 Å². The molecule has 0 aliphatic rings. The molecule has 0 saturated carbocycles. The van der Waals surface area contributed by atoms with E-state index in [0.717, 1.165) is 11.1 Å². The number of aryl methyl sites for hydroxylation is 1. The van der Waals surface area contributed by atoms with Gasteiger partial charge in [0.25, 0.3) is 0 Å². The van der Waals surface area contributed by atoms with Crippen molar-refractivity contribution in [2.75, 3.05) is 19.0 Å². The Balaban J connectivity index is 1.91. The van der Waals surface area contributed by atoms with Crippen molar-refractivity contribution in [1.29, 1.82) is 0 Å². The zero-order valence-corrected chi connectivity index (χ0v) is 12.3. The van der Waals surface area contributed by atoms with Gasteiger partial charge in [0.05, 0.1) is 6.10 Å². The smallest absolute Gasteiger partial charge is 0.314 e. The van der Waals surface area contributed by atoms with Crippen molar-refractivity contribution in [1.82, 2.24) is 10.5 Å². The molecular weight excluding hydrogens is 286 g/mol. The monoisotopic (exact) mass is 303 g/mol. The molecule has 22 heavy (non-hydrogen) atoms. The summed E-state index contributed by atoms with van der Waals surface area (Å²) >= 11 is 0. The Morgan fingerprint density at radius 3 is 2.68 bits per heavy atom. The molecule has 116 valence electrons. The van der Waals surface area contributed by atoms with Gasteiger partial charge in [0.1, 0.15) is 6.26 Å². The lowest BCUT2D eigenvalue weighted by atomic mass is 10.0. The van der Waals surface area contributed by atoms with Gasteiger partial charge in [-0.3, -0.25) is 14.9 Å². The Kier molecular flexibility index (Phi) is 5.26. The number of hydrogen-bond acceptors (Lipinski definition) is 5. The molecule has 0 aliphatic carbocycles. The zero-order chi connectivity index (χ0) is 15.9. The van der Waals surface area contributed by atoms with Gasteiger partial charge in [0, 0.05) is 19.7 Å². The third-order valence-corrected chi connectivity index (χ3v) is 3.15. The third kappa shape index (κ3) is 3.92. The predicted molar refractivity (Wildman–Crippen MR) is 79.1 cm³/mol. The fourth-order valence-corrected chi connectivity index (χ4v) is 1.98. The Morgan fingerprint density at radius 1 is 1.27 bits per heavy atom. The summed E-state index contributed by atoms with van der Waals surface area (Å²) in [5.74, 6) is -1.39. The average Bonchev–Trinajstić information content (AvgIpc) is 3.02. The lowest BCUT2D eigenvalue weighted by Gasteiger charge is -2.18. The highest BCUT2D eigenvalue weighted by Crippen LogP contribution is 2.19. The van der Waals surface area contributed by atoms with Crippen molar-refractivity contribution in [3.63, 3.8) is 0 Å². The minimum absolute atomic E-state index is 0.183. The van der Waals surface area contributed by atoms with E-state index >= 15 is 0 Å². The molecule has 1 aromatic heterocycles. The molecule has 2 aromatic rings. The summed E-state index contributed by atoms with van der Waals surface area (Å²) in [5.41, 5.74) is 2.01. The molecule has 0 spiro atoms. The maximum Gasteiger partial charge on any atom is 0.314 e. The van der Waals surface area contributed by atoms with Crippen molar-refractivity contribution in [2.45, 2.75) is 13.0 Å². The van der Waals surface area contributed by atoms with Crippen molar-refractivity contribution >= 4 is 17.6 Å². The number of ether oxygens (including phenoxy) is 1. The lowest BCUT2D eigenvalue weighted by Crippen LogP contribution is -2.38. The van der Waals surface area contributed by atoms with E-state index in [1.807, 2.05) is 31.2 Å². The zero-order valence-electron chi connectivity index (χ0n) is 12.3. The molecule has 2 amide bonds. The number of amides is 2. The SMILES string of the molecule is COC(CNC(=O)C(=O)Nc1ccon1)c1ccccc1C. The summed E-state index contributed by atoms with van der Waals surface area (Å²) in [6, 6.07) is 9.14. The molecule has 0 radical (unpaired) electrons. The minimum atomic E-state index is -0.812. The van der Waals surface area contributed by atoms with Crippen LogP contribution in [0.5, 0.6) is 0 Å². The largest absolute Gasteiger partial charge is 0.375 e. The standard InChI is InChI=1S/C15H17N3O4/c1-10-5-3-4-6-11(10)12(21-2)9-16-14(19)15(20)17-13-7-8-22-18-13/h3-8,12H,9H2,1-2H3,(H,16,19)(H,17,18,20). The van der Waals surface area contributed by atoms with Crippen LogP contribution in [0.1, 0.15) is 17.2 Å². The first-order valence-corrected chi connectivity index (χ1v) is 6.69. The molecule has 1 unspecified atom stereocenters. The maximum atomic E-state index is 11.8. The molecule has 0 bridgehead atoms. The number of nitrogens with one attached hydrogen (secondary N) is 2. The number of hydrogen-bond donors (Lipinski definition) is 2. The van der Waals surface area contributed by atoms with E-state index in [2.05, 4.69) is 20.3 Å². The van der Waals surface area contributed by atoms with Crippen molar-refractivity contribution < 1.29 is 18.8 Å². The van der Waals surface area contributed by atoms with Gasteiger partial charge >= 0.3 is 11.8 Å². The molecule has 1 heterocycles. The van der Waals surface area contributed by atoms with Gasteiger partial charge in [-0.05, 0) is 18.1 Å². The Morgan fingerprint density at radius 2 is 2.05 bits per heavy atom. The van der Waals surface area contributed by atoms with Gasteiger partial charge in [0.2, 0.25) is 0 Å². The highest BCUT2D eigenvalue weighted by molar-refractivity contribution is 6.39. The molecule has 1 atom stereocenters. The first-order valence-electron chi connectivity index (χ1n) is 6.69. The number of nitrogens with zero attached hydrogens (tertiary/aromatic N) is 1. The highest BCUT2D eigenvalue weighted by atomic mass is 16.5. The Hall–Kier alpha value is -2.67. The number of anilines is 1. The van der Waals surface area contributed by atoms with Gasteiger partial charge < -0.3 is 14.6 Å². The molecule has 2 N–H and O–H groups in total. The number of carbonyl (C=O) groups excluding carboxylic acids is 2. The summed E-state index contributed by atoms with van der Waals surface area (Å²) in [5, 5.41) is 8.35. The van der Waals surface area contributed by atoms with Crippen LogP contribution >= 0.6 is 0 Å². The first kappa shape index (κ1) is 15.7. The first-order chi connectivity index (χ1) is 10.6. The topological polar surface area (TPSA) is 93.5 Å². The van der Waals surface area contributed by atoms with E-state index < -0.39 is 11.8 Å². The molecule has 0 aliphatic heterocycles. The summed E-state index contributed by atoms with van der Waals surface area (Å²) < 4.78 is 9.94. The van der Waals surface area contributed by atoms with E-state index in [4.69, 9.17) is 4.74 Å². The number of aromatic nitrogens is 1. The number of methoxy groups -OCH3 is 1. The van der Waals surface area contributed by atoms with Crippen molar-refractivity contribution in [3.05, 3.63) is 47.7 Å². The van der Waals surface area contributed by atoms with Crippen LogP contribution in [0.2, 0.25) is 0 Å². The number of benzene rings is 1. The average molecular weight is 303 g/mol. The van der Waals surface area contributed by atoms with E-state index in [1.54, 1.807) is 7.11 Å². The van der Waals surface area contributed by atoms with E-state index in [0.29, 0.717) is 0 Å². The summed E-state index contributed by atoms with van der Waals surface area (Å²) in [4.78, 5) is 23.4. The highest BCUT2D eigenvalue weighted by Gasteiger charge is 2.18. The molecule has 0 fully saturated rings. The molecule has 1 aromatic carbocycles. The third-order valence-electron chi connectivity index (χ3n) is 3.15. The van der Waals surface area contributed by atoms with Gasteiger partial charge in [0.15, 0.2) is 5.82 Å². The van der Waals surface area contributed by atoms with Crippen LogP contribution < -0.4 is 10.6 Å². The molecule has 0 saturated heterocycles. The maximum absolute atomic E-state index is 11.8. The van der Waals surface area contributed by atoms with E-state index in [-0.39, 0.29) is 18.5 Å². The molecular formula is C15H17N3O4. The van der Waals surface area contributed by atoms with Crippen molar-refractivity contribution in [3.8, 4) is 0 Å². The lowest BCUT2D eigenvalue weighted by molar-refractivity contribution is -0.136. The van der Waals surface area contributed by atoms with Crippen LogP contribution in [0.25, 0.3) is 0 Å². The fraction of sp³-hybridized carbons (Fsp3) is 0.267. The second-order valence-electron chi connectivity index (χ2n) is 4.63. The second kappa shape index (κ2) is 7.37. The van der Waals surface area contributed by atoms with Crippen molar-refractivity contribution in [2.24, 2.45) is 0 Å². The van der Waals surface area contributed by atoms with Gasteiger partial charge in [-0.1, -0.05) is 29.4 Å². The summed E-state index contributed by atoms with van der Waals surface area (Å²) in [6.45, 7) is 2.15. The van der Waals surface area contributed by atoms with E-state index in [9.17, 15) is 9.59 Å². The van der Waals surface area contributed by atoms with Gasteiger partial charge in [-0.2, -0.15) is 0 Å². The van der Waals surface area contributed by atoms with Crippen LogP contribution in [0.4, 0.5) is 5.82 Å². The van der Waals surface area contributed by atoms with Crippen LogP contribution in [0.15, 0.2) is 41.1 Å². The normalized spacial score (nSPS) is 11.7.